The summed E-state index contributed by atoms with van der Waals surface area (Å²) in [5.74, 6) is -0.571. The van der Waals surface area contributed by atoms with Crippen molar-refractivity contribution in [3.63, 3.8) is 0 Å². The van der Waals surface area contributed by atoms with Gasteiger partial charge < -0.3 is 4.74 Å². The molecule has 26 heavy (non-hydrogen) atoms. The molecule has 4 atom stereocenters. The lowest BCUT2D eigenvalue weighted by Crippen LogP contribution is -2.34. The molecular formula is C19H18ClN3O3. The number of imide groups is 1. The number of aromatic nitrogens is 2. The molecule has 134 valence electrons. The Hall–Kier alpha value is -2.18. The molecule has 3 aliphatic heterocycles. The smallest absolute Gasteiger partial charge is 0.241 e. The Labute approximate surface area is 155 Å². The number of rotatable bonds is 3. The van der Waals surface area contributed by atoms with Crippen molar-refractivity contribution in [2.75, 3.05) is 4.90 Å². The van der Waals surface area contributed by atoms with Crippen LogP contribution in [0.2, 0.25) is 5.02 Å². The van der Waals surface area contributed by atoms with Crippen molar-refractivity contribution in [2.24, 2.45) is 11.8 Å². The van der Waals surface area contributed by atoms with Gasteiger partial charge in [-0.1, -0.05) is 23.7 Å². The predicted octanol–water partition coefficient (Wildman–Crippen LogP) is 2.56. The minimum absolute atomic E-state index is 0.108. The molecule has 3 saturated heterocycles. The zero-order valence-electron chi connectivity index (χ0n) is 14.3. The molecule has 2 bridgehead atoms. The maximum absolute atomic E-state index is 12.9. The fourth-order valence-corrected chi connectivity index (χ4v) is 4.59. The molecule has 1 aromatic carbocycles. The molecule has 6 nitrogen and oxygen atoms in total. The van der Waals surface area contributed by atoms with Gasteiger partial charge in [0.15, 0.2) is 5.82 Å². The highest BCUT2D eigenvalue weighted by Crippen LogP contribution is 2.49. The monoisotopic (exact) mass is 371 g/mol. The summed E-state index contributed by atoms with van der Waals surface area (Å²) in [4.78, 5) is 27.0. The van der Waals surface area contributed by atoms with Crippen LogP contribution in [0.5, 0.6) is 0 Å². The molecule has 0 N–H and O–H groups in total. The summed E-state index contributed by atoms with van der Waals surface area (Å²) in [6.45, 7) is 2.48. The van der Waals surface area contributed by atoms with Crippen LogP contribution >= 0.6 is 11.6 Å². The van der Waals surface area contributed by atoms with E-state index in [-0.39, 0.29) is 35.9 Å². The highest BCUT2D eigenvalue weighted by molar-refractivity contribution is 6.30. The standard InChI is InChI=1S/C19H18ClN3O3/c1-10-8-15(21-22(10)9-11-2-4-12(20)5-3-11)23-18(24)16-13-6-7-14(26-13)17(16)19(23)25/h2-5,8,13-14,16-17H,6-7,9H2,1H3/t13-,14+,16-,17-/m0/s1. The zero-order valence-corrected chi connectivity index (χ0v) is 15.0. The van der Waals surface area contributed by atoms with Crippen LogP contribution in [-0.4, -0.2) is 33.8 Å². The van der Waals surface area contributed by atoms with Gasteiger partial charge in [0.25, 0.3) is 0 Å². The number of amides is 2. The normalized spacial score (nSPS) is 29.7. The summed E-state index contributed by atoms with van der Waals surface area (Å²) in [5.41, 5.74) is 1.95. The Morgan fingerprint density at radius 1 is 1.12 bits per heavy atom. The third-order valence-corrected chi connectivity index (χ3v) is 5.98. The van der Waals surface area contributed by atoms with E-state index in [1.807, 2.05) is 31.2 Å². The molecule has 3 fully saturated rings. The van der Waals surface area contributed by atoms with Crippen molar-refractivity contribution < 1.29 is 14.3 Å². The molecule has 0 radical (unpaired) electrons. The van der Waals surface area contributed by atoms with Crippen LogP contribution in [0, 0.1) is 18.8 Å². The summed E-state index contributed by atoms with van der Waals surface area (Å²) in [7, 11) is 0. The summed E-state index contributed by atoms with van der Waals surface area (Å²) >= 11 is 5.93. The molecule has 0 saturated carbocycles. The first-order valence-electron chi connectivity index (χ1n) is 8.85. The van der Waals surface area contributed by atoms with Crippen molar-refractivity contribution in [1.29, 1.82) is 0 Å². The second kappa shape index (κ2) is 5.66. The van der Waals surface area contributed by atoms with Crippen molar-refractivity contribution in [3.8, 4) is 0 Å². The van der Waals surface area contributed by atoms with E-state index < -0.39 is 0 Å². The van der Waals surface area contributed by atoms with Gasteiger partial charge in [-0.3, -0.25) is 14.3 Å². The van der Waals surface area contributed by atoms with Crippen molar-refractivity contribution in [1.82, 2.24) is 9.78 Å². The van der Waals surface area contributed by atoms with Crippen LogP contribution in [0.1, 0.15) is 24.1 Å². The zero-order chi connectivity index (χ0) is 18.0. The van der Waals surface area contributed by atoms with Gasteiger partial charge in [-0.25, -0.2) is 4.90 Å². The van der Waals surface area contributed by atoms with Gasteiger partial charge in [0.2, 0.25) is 11.8 Å². The second-order valence-electron chi connectivity index (χ2n) is 7.28. The summed E-state index contributed by atoms with van der Waals surface area (Å²) in [6, 6.07) is 9.35. The van der Waals surface area contributed by atoms with Gasteiger partial charge in [-0.15, -0.1) is 0 Å². The Morgan fingerprint density at radius 3 is 2.35 bits per heavy atom. The lowest BCUT2D eigenvalue weighted by atomic mass is 9.81. The van der Waals surface area contributed by atoms with Gasteiger partial charge in [0, 0.05) is 16.8 Å². The van der Waals surface area contributed by atoms with Crippen LogP contribution < -0.4 is 4.90 Å². The number of halogens is 1. The van der Waals surface area contributed by atoms with Crippen LogP contribution in [-0.2, 0) is 20.9 Å². The van der Waals surface area contributed by atoms with E-state index >= 15 is 0 Å². The van der Waals surface area contributed by atoms with Gasteiger partial charge in [-0.2, -0.15) is 5.10 Å². The number of nitrogens with zero attached hydrogens (tertiary/aromatic N) is 3. The highest BCUT2D eigenvalue weighted by Gasteiger charge is 2.63. The molecule has 7 heteroatoms. The fraction of sp³-hybridized carbons (Fsp3) is 0.421. The molecular weight excluding hydrogens is 354 g/mol. The number of anilines is 1. The number of aryl methyl sites for hydroxylation is 1. The maximum Gasteiger partial charge on any atom is 0.241 e. The molecule has 3 aliphatic rings. The molecule has 0 unspecified atom stereocenters. The van der Waals surface area contributed by atoms with E-state index in [0.717, 1.165) is 24.1 Å². The first-order valence-corrected chi connectivity index (χ1v) is 9.23. The predicted molar refractivity (Wildman–Crippen MR) is 94.9 cm³/mol. The lowest BCUT2D eigenvalue weighted by Gasteiger charge is -2.15. The molecule has 1 aromatic heterocycles. The number of carbonyl (C=O) groups is 2. The van der Waals surface area contributed by atoms with E-state index in [1.54, 1.807) is 10.7 Å². The average Bonchev–Trinajstić information content (AvgIpc) is 3.35. The summed E-state index contributed by atoms with van der Waals surface area (Å²) in [5, 5.41) is 5.22. The van der Waals surface area contributed by atoms with Gasteiger partial charge in [-0.05, 0) is 37.5 Å². The van der Waals surface area contributed by atoms with Gasteiger partial charge in [0.1, 0.15) is 0 Å². The van der Waals surface area contributed by atoms with Crippen molar-refractivity contribution in [2.45, 2.75) is 38.5 Å². The third-order valence-electron chi connectivity index (χ3n) is 5.73. The number of hydrogen-bond donors (Lipinski definition) is 0. The van der Waals surface area contributed by atoms with Gasteiger partial charge in [0.05, 0.1) is 30.6 Å². The summed E-state index contributed by atoms with van der Waals surface area (Å²) in [6.07, 6.45) is 1.51. The Kier molecular flexibility index (Phi) is 3.49. The Bertz CT molecular complexity index is 879. The molecule has 2 amide bonds. The number of fused-ring (bicyclic) bond motifs is 5. The molecule has 5 rings (SSSR count). The molecule has 0 spiro atoms. The quantitative estimate of drug-likeness (QED) is 0.778. The van der Waals surface area contributed by atoms with Crippen molar-refractivity contribution in [3.05, 3.63) is 46.6 Å². The van der Waals surface area contributed by atoms with Crippen molar-refractivity contribution >= 4 is 29.2 Å². The minimum Gasteiger partial charge on any atom is -0.373 e. The topological polar surface area (TPSA) is 64.4 Å². The fourth-order valence-electron chi connectivity index (χ4n) is 4.46. The van der Waals surface area contributed by atoms with Crippen LogP contribution in [0.3, 0.4) is 0 Å². The number of ether oxygens (including phenoxy) is 1. The number of hydrogen-bond acceptors (Lipinski definition) is 4. The first-order chi connectivity index (χ1) is 12.5. The van der Waals surface area contributed by atoms with Gasteiger partial charge >= 0.3 is 0 Å². The van der Waals surface area contributed by atoms with E-state index in [2.05, 4.69) is 5.10 Å². The maximum atomic E-state index is 12.9. The highest BCUT2D eigenvalue weighted by atomic mass is 35.5. The van der Waals surface area contributed by atoms with Crippen LogP contribution in [0.4, 0.5) is 5.82 Å². The summed E-state index contributed by atoms with van der Waals surface area (Å²) < 4.78 is 7.58. The molecule has 4 heterocycles. The Balaban J connectivity index is 1.43. The van der Waals surface area contributed by atoms with E-state index in [0.29, 0.717) is 17.4 Å². The average molecular weight is 372 g/mol. The van der Waals surface area contributed by atoms with E-state index in [4.69, 9.17) is 16.3 Å². The number of benzene rings is 1. The van der Waals surface area contributed by atoms with Crippen LogP contribution in [0.15, 0.2) is 30.3 Å². The molecule has 0 aliphatic carbocycles. The van der Waals surface area contributed by atoms with Crippen LogP contribution in [0.25, 0.3) is 0 Å². The van der Waals surface area contributed by atoms with E-state index in [9.17, 15) is 9.59 Å². The SMILES string of the molecule is Cc1cc(N2C(=O)[C@@H]3[C@@H](C2=O)[C@H]2CC[C@@H]3O2)nn1Cc1ccc(Cl)cc1. The minimum atomic E-state index is -0.331. The third kappa shape index (κ3) is 2.25. The first kappa shape index (κ1) is 16.0. The lowest BCUT2D eigenvalue weighted by molar-refractivity contribution is -0.124. The Morgan fingerprint density at radius 2 is 1.73 bits per heavy atom. The largest absolute Gasteiger partial charge is 0.373 e. The molecule has 2 aromatic rings. The van der Waals surface area contributed by atoms with E-state index in [1.165, 1.54) is 4.90 Å². The second-order valence-corrected chi connectivity index (χ2v) is 7.72. The number of carbonyl (C=O) groups excluding carboxylic acids is 2.